The maximum absolute atomic E-state index is 12.5. The van der Waals surface area contributed by atoms with Gasteiger partial charge in [0.2, 0.25) is 21.8 Å². The van der Waals surface area contributed by atoms with Crippen LogP contribution < -0.4 is 14.8 Å². The molecule has 0 bridgehead atoms. The lowest BCUT2D eigenvalue weighted by Crippen LogP contribution is -2.30. The number of sulfonamides is 1. The van der Waals surface area contributed by atoms with Gasteiger partial charge in [-0.2, -0.15) is 0 Å². The van der Waals surface area contributed by atoms with E-state index in [1.807, 2.05) is 43.3 Å². The van der Waals surface area contributed by atoms with E-state index in [1.165, 1.54) is 0 Å². The van der Waals surface area contributed by atoms with Crippen LogP contribution in [0.25, 0.3) is 0 Å². The Kier molecular flexibility index (Phi) is 7.97. The minimum atomic E-state index is -3.66. The second kappa shape index (κ2) is 10.9. The molecule has 32 heavy (non-hydrogen) atoms. The molecular weight excluding hydrogens is 426 g/mol. The van der Waals surface area contributed by atoms with Gasteiger partial charge in [-0.05, 0) is 42.7 Å². The zero-order valence-corrected chi connectivity index (χ0v) is 19.0. The van der Waals surface area contributed by atoms with Gasteiger partial charge in [-0.25, -0.2) is 18.1 Å². The highest BCUT2D eigenvalue weighted by Crippen LogP contribution is 2.16. The smallest absolute Gasteiger partial charge is 0.240 e. The van der Waals surface area contributed by atoms with Gasteiger partial charge in [-0.15, -0.1) is 0 Å². The van der Waals surface area contributed by atoms with E-state index in [2.05, 4.69) is 15.0 Å². The van der Waals surface area contributed by atoms with Crippen molar-refractivity contribution < 1.29 is 17.9 Å². The molecule has 0 radical (unpaired) electrons. The summed E-state index contributed by atoms with van der Waals surface area (Å²) in [5.74, 6) is 0.221. The Labute approximate surface area is 188 Å². The largest absolute Gasteiger partial charge is 0.473 e. The van der Waals surface area contributed by atoms with Crippen LogP contribution in [0.4, 0.5) is 0 Å². The number of amides is 1. The molecule has 0 aliphatic rings. The highest BCUT2D eigenvalue weighted by atomic mass is 32.2. The summed E-state index contributed by atoms with van der Waals surface area (Å²) in [7, 11) is -3.66. The molecule has 1 heterocycles. The molecule has 2 aromatic carbocycles. The third-order valence-corrected chi connectivity index (χ3v) is 6.40. The number of hydrogen-bond donors (Lipinski definition) is 2. The fourth-order valence-corrected chi connectivity index (χ4v) is 4.39. The Morgan fingerprint density at radius 3 is 2.53 bits per heavy atom. The van der Waals surface area contributed by atoms with Gasteiger partial charge >= 0.3 is 0 Å². The molecule has 0 unspecified atom stereocenters. The zero-order valence-electron chi connectivity index (χ0n) is 18.2. The SMILES string of the molecule is Cc1ccc(S(=O)(=O)NCCC(=O)NCc2ccnc(OCc3ccccc3)c2)c(C)c1. The predicted octanol–water partition coefficient (Wildman–Crippen LogP) is 3.26. The van der Waals surface area contributed by atoms with E-state index in [9.17, 15) is 13.2 Å². The summed E-state index contributed by atoms with van der Waals surface area (Å²) in [5, 5.41) is 2.79. The Hall–Kier alpha value is -3.23. The molecule has 2 N–H and O–H groups in total. The van der Waals surface area contributed by atoms with E-state index in [0.29, 0.717) is 24.6 Å². The van der Waals surface area contributed by atoms with E-state index in [-0.39, 0.29) is 23.8 Å². The van der Waals surface area contributed by atoms with E-state index in [0.717, 1.165) is 16.7 Å². The van der Waals surface area contributed by atoms with Crippen molar-refractivity contribution in [3.8, 4) is 5.88 Å². The van der Waals surface area contributed by atoms with Gasteiger partial charge in [0.15, 0.2) is 0 Å². The predicted molar refractivity (Wildman–Crippen MR) is 123 cm³/mol. The first kappa shape index (κ1) is 23.4. The average molecular weight is 454 g/mol. The number of nitrogens with zero attached hydrogens (tertiary/aromatic N) is 1. The molecule has 3 rings (SSSR count). The molecule has 8 heteroatoms. The van der Waals surface area contributed by atoms with Crippen LogP contribution in [-0.2, 0) is 28.0 Å². The molecule has 3 aromatic rings. The van der Waals surface area contributed by atoms with Gasteiger partial charge in [0.25, 0.3) is 0 Å². The van der Waals surface area contributed by atoms with Gasteiger partial charge in [0, 0.05) is 31.8 Å². The Morgan fingerprint density at radius 2 is 1.78 bits per heavy atom. The molecular formula is C24H27N3O4S. The quantitative estimate of drug-likeness (QED) is 0.491. The summed E-state index contributed by atoms with van der Waals surface area (Å²) in [5.41, 5.74) is 3.54. The summed E-state index contributed by atoms with van der Waals surface area (Å²) in [6.45, 7) is 4.38. The van der Waals surface area contributed by atoms with Crippen LogP contribution in [0.15, 0.2) is 71.8 Å². The Balaban J connectivity index is 1.44. The fourth-order valence-electron chi connectivity index (χ4n) is 3.14. The van der Waals surface area contributed by atoms with Crippen molar-refractivity contribution in [2.45, 2.75) is 38.3 Å². The van der Waals surface area contributed by atoms with Gasteiger partial charge in [-0.3, -0.25) is 4.79 Å². The number of carbonyl (C=O) groups is 1. The Bertz CT molecular complexity index is 1160. The lowest BCUT2D eigenvalue weighted by molar-refractivity contribution is -0.121. The van der Waals surface area contributed by atoms with Crippen LogP contribution in [0.2, 0.25) is 0 Å². The van der Waals surface area contributed by atoms with Crippen molar-refractivity contribution in [2.24, 2.45) is 0 Å². The topological polar surface area (TPSA) is 97.4 Å². The normalized spacial score (nSPS) is 11.2. The standard InChI is InChI=1S/C24H27N3O4S/c1-18-8-9-22(19(2)14-18)32(29,30)27-13-11-23(28)26-16-21-10-12-25-24(15-21)31-17-20-6-4-3-5-7-20/h3-10,12,14-15,27H,11,13,16-17H2,1-2H3,(H,26,28). The lowest BCUT2D eigenvalue weighted by Gasteiger charge is -2.11. The zero-order chi connectivity index (χ0) is 23.0. The average Bonchev–Trinajstić information content (AvgIpc) is 2.77. The molecule has 0 fully saturated rings. The number of pyridine rings is 1. The number of aromatic nitrogens is 1. The van der Waals surface area contributed by atoms with Crippen molar-refractivity contribution in [3.63, 3.8) is 0 Å². The van der Waals surface area contributed by atoms with Gasteiger partial charge in [-0.1, -0.05) is 48.0 Å². The van der Waals surface area contributed by atoms with Crippen molar-refractivity contribution >= 4 is 15.9 Å². The molecule has 0 spiro atoms. The van der Waals surface area contributed by atoms with Crippen LogP contribution in [0.5, 0.6) is 5.88 Å². The first-order valence-electron chi connectivity index (χ1n) is 10.3. The first-order valence-corrected chi connectivity index (χ1v) is 11.8. The van der Waals surface area contributed by atoms with E-state index >= 15 is 0 Å². The van der Waals surface area contributed by atoms with Crippen molar-refractivity contribution in [1.82, 2.24) is 15.0 Å². The van der Waals surface area contributed by atoms with Gasteiger partial charge < -0.3 is 10.1 Å². The van der Waals surface area contributed by atoms with Crippen LogP contribution >= 0.6 is 0 Å². The number of hydrogen-bond acceptors (Lipinski definition) is 5. The van der Waals surface area contributed by atoms with Crippen LogP contribution in [-0.4, -0.2) is 25.9 Å². The number of rotatable bonds is 10. The number of aryl methyl sites for hydroxylation is 2. The monoisotopic (exact) mass is 453 g/mol. The summed E-state index contributed by atoms with van der Waals surface area (Å²) >= 11 is 0. The van der Waals surface area contributed by atoms with E-state index in [1.54, 1.807) is 37.4 Å². The summed E-state index contributed by atoms with van der Waals surface area (Å²) < 4.78 is 33.1. The van der Waals surface area contributed by atoms with Crippen molar-refractivity contribution in [2.75, 3.05) is 6.54 Å². The van der Waals surface area contributed by atoms with Crippen LogP contribution in [0.1, 0.15) is 28.7 Å². The molecule has 0 aliphatic carbocycles. The second-order valence-electron chi connectivity index (χ2n) is 7.47. The highest BCUT2D eigenvalue weighted by Gasteiger charge is 2.16. The number of carbonyl (C=O) groups excluding carboxylic acids is 1. The van der Waals surface area contributed by atoms with E-state index in [4.69, 9.17) is 4.74 Å². The molecule has 168 valence electrons. The first-order chi connectivity index (χ1) is 15.3. The molecule has 0 saturated heterocycles. The minimum absolute atomic E-state index is 0.0171. The molecule has 0 saturated carbocycles. The fraction of sp³-hybridized carbons (Fsp3) is 0.250. The van der Waals surface area contributed by atoms with Crippen LogP contribution in [0, 0.1) is 13.8 Å². The highest BCUT2D eigenvalue weighted by molar-refractivity contribution is 7.89. The second-order valence-corrected chi connectivity index (χ2v) is 9.21. The van der Waals surface area contributed by atoms with Crippen molar-refractivity contribution in [1.29, 1.82) is 0 Å². The third-order valence-electron chi connectivity index (χ3n) is 4.78. The summed E-state index contributed by atoms with van der Waals surface area (Å²) in [6.07, 6.45) is 1.66. The number of ether oxygens (including phenoxy) is 1. The number of benzene rings is 2. The summed E-state index contributed by atoms with van der Waals surface area (Å²) in [6, 6.07) is 18.5. The molecule has 0 atom stereocenters. The molecule has 0 aliphatic heterocycles. The maximum atomic E-state index is 12.5. The number of nitrogens with one attached hydrogen (secondary N) is 2. The molecule has 7 nitrogen and oxygen atoms in total. The molecule has 1 amide bonds. The van der Waals surface area contributed by atoms with Crippen LogP contribution in [0.3, 0.4) is 0 Å². The summed E-state index contributed by atoms with van der Waals surface area (Å²) in [4.78, 5) is 16.6. The maximum Gasteiger partial charge on any atom is 0.240 e. The Morgan fingerprint density at radius 1 is 1.00 bits per heavy atom. The van der Waals surface area contributed by atoms with Gasteiger partial charge in [0.1, 0.15) is 6.61 Å². The minimum Gasteiger partial charge on any atom is -0.473 e. The van der Waals surface area contributed by atoms with Crippen molar-refractivity contribution in [3.05, 3.63) is 89.1 Å². The van der Waals surface area contributed by atoms with E-state index < -0.39 is 10.0 Å². The lowest BCUT2D eigenvalue weighted by atomic mass is 10.2. The van der Waals surface area contributed by atoms with Gasteiger partial charge in [0.05, 0.1) is 4.90 Å². The third kappa shape index (κ3) is 6.90. The molecule has 1 aromatic heterocycles.